The highest BCUT2D eigenvalue weighted by Gasteiger charge is 2.37. The molecule has 3 heterocycles. The third-order valence-electron chi connectivity index (χ3n) is 4.50. The van der Waals surface area contributed by atoms with Gasteiger partial charge in [0.1, 0.15) is 23.6 Å². The van der Waals surface area contributed by atoms with Crippen LogP contribution in [0.5, 0.6) is 0 Å². The van der Waals surface area contributed by atoms with Gasteiger partial charge in [0.25, 0.3) is 6.43 Å². The van der Waals surface area contributed by atoms with Crippen LogP contribution in [-0.2, 0) is 11.0 Å². The Morgan fingerprint density at radius 3 is 2.44 bits per heavy atom. The van der Waals surface area contributed by atoms with Crippen molar-refractivity contribution in [2.24, 2.45) is 0 Å². The molecule has 2 saturated heterocycles. The summed E-state index contributed by atoms with van der Waals surface area (Å²) in [5.74, 6) is -0.281. The lowest BCUT2D eigenvalue weighted by molar-refractivity contribution is -0.141. The Bertz CT molecular complexity index is 692. The summed E-state index contributed by atoms with van der Waals surface area (Å²) < 4.78 is 64.6. The SMILES string of the molecule is Cc1nc(N2CCN(C3NC(=O)CC(C(F)F)N3)CC2)cc(C(F)(F)F)n1. The number of amides is 1. The van der Waals surface area contributed by atoms with Crippen molar-refractivity contribution in [1.29, 1.82) is 0 Å². The summed E-state index contributed by atoms with van der Waals surface area (Å²) in [6, 6.07) is -0.323. The fourth-order valence-electron chi connectivity index (χ4n) is 3.14. The maximum Gasteiger partial charge on any atom is 0.433 e. The molecule has 2 aliphatic heterocycles. The molecule has 1 amide bonds. The van der Waals surface area contributed by atoms with Crippen molar-refractivity contribution in [2.75, 3.05) is 31.1 Å². The summed E-state index contributed by atoms with van der Waals surface area (Å²) in [7, 11) is 0. The minimum Gasteiger partial charge on any atom is -0.354 e. The third-order valence-corrected chi connectivity index (χ3v) is 4.50. The first kappa shape index (κ1) is 19.7. The summed E-state index contributed by atoms with van der Waals surface area (Å²) in [6.07, 6.45) is -8.26. The van der Waals surface area contributed by atoms with Crippen molar-refractivity contribution in [3.8, 4) is 0 Å². The number of alkyl halides is 5. The molecule has 0 saturated carbocycles. The van der Waals surface area contributed by atoms with E-state index in [0.29, 0.717) is 26.2 Å². The second-order valence-electron chi connectivity index (χ2n) is 6.46. The van der Waals surface area contributed by atoms with Gasteiger partial charge in [-0.05, 0) is 6.92 Å². The average Bonchev–Trinajstić information content (AvgIpc) is 2.60. The Morgan fingerprint density at radius 2 is 1.85 bits per heavy atom. The van der Waals surface area contributed by atoms with Crippen LogP contribution in [0, 0.1) is 6.92 Å². The zero-order valence-electron chi connectivity index (χ0n) is 14.4. The molecule has 0 bridgehead atoms. The largest absolute Gasteiger partial charge is 0.433 e. The maximum atomic E-state index is 12.9. The van der Waals surface area contributed by atoms with Crippen molar-refractivity contribution < 1.29 is 26.7 Å². The minimum atomic E-state index is -4.56. The number of carbonyl (C=O) groups is 1. The van der Waals surface area contributed by atoms with Gasteiger partial charge >= 0.3 is 6.18 Å². The standard InChI is InChI=1S/C15H19F5N6O/c1-8-21-10(15(18,19)20)7-11(22-8)25-2-4-26(5-3-25)14-23-9(13(16)17)6-12(27)24-14/h7,9,13-14,23H,2-6H2,1H3,(H,24,27). The highest BCUT2D eigenvalue weighted by molar-refractivity contribution is 5.77. The van der Waals surface area contributed by atoms with Gasteiger partial charge in [0.05, 0.1) is 6.04 Å². The molecule has 2 fully saturated rings. The molecule has 3 rings (SSSR count). The Kier molecular flexibility index (Phi) is 5.47. The van der Waals surface area contributed by atoms with E-state index in [1.54, 1.807) is 9.80 Å². The van der Waals surface area contributed by atoms with Gasteiger partial charge in [0, 0.05) is 38.7 Å². The van der Waals surface area contributed by atoms with Crippen LogP contribution >= 0.6 is 0 Å². The second-order valence-corrected chi connectivity index (χ2v) is 6.46. The second kappa shape index (κ2) is 7.50. The van der Waals surface area contributed by atoms with Crippen LogP contribution in [0.2, 0.25) is 0 Å². The smallest absolute Gasteiger partial charge is 0.354 e. The number of rotatable bonds is 3. The first-order chi connectivity index (χ1) is 12.6. The van der Waals surface area contributed by atoms with E-state index in [-0.39, 0.29) is 18.1 Å². The number of anilines is 1. The summed E-state index contributed by atoms with van der Waals surface area (Å²) in [5.41, 5.74) is -1.01. The molecule has 27 heavy (non-hydrogen) atoms. The van der Waals surface area contributed by atoms with E-state index in [0.717, 1.165) is 6.07 Å². The van der Waals surface area contributed by atoms with Crippen LogP contribution in [0.4, 0.5) is 27.8 Å². The van der Waals surface area contributed by atoms with Gasteiger partial charge in [-0.1, -0.05) is 0 Å². The molecule has 2 atom stereocenters. The van der Waals surface area contributed by atoms with Crippen LogP contribution in [0.3, 0.4) is 0 Å². The van der Waals surface area contributed by atoms with E-state index in [2.05, 4.69) is 20.6 Å². The van der Waals surface area contributed by atoms with Gasteiger partial charge in [-0.3, -0.25) is 15.0 Å². The number of nitrogens with one attached hydrogen (secondary N) is 2. The monoisotopic (exact) mass is 394 g/mol. The molecule has 0 aliphatic carbocycles. The van der Waals surface area contributed by atoms with Crippen molar-refractivity contribution in [1.82, 2.24) is 25.5 Å². The Hall–Kier alpha value is -2.08. The van der Waals surface area contributed by atoms with E-state index >= 15 is 0 Å². The molecule has 1 aromatic rings. The summed E-state index contributed by atoms with van der Waals surface area (Å²) in [4.78, 5) is 22.6. The fourth-order valence-corrected chi connectivity index (χ4v) is 3.14. The predicted molar refractivity (Wildman–Crippen MR) is 85.0 cm³/mol. The van der Waals surface area contributed by atoms with E-state index in [4.69, 9.17) is 0 Å². The number of aromatic nitrogens is 2. The molecule has 12 heteroatoms. The van der Waals surface area contributed by atoms with Gasteiger partial charge < -0.3 is 10.2 Å². The van der Waals surface area contributed by atoms with E-state index in [1.165, 1.54) is 6.92 Å². The van der Waals surface area contributed by atoms with E-state index < -0.39 is 36.5 Å². The first-order valence-electron chi connectivity index (χ1n) is 8.39. The van der Waals surface area contributed by atoms with Crippen molar-refractivity contribution >= 4 is 11.7 Å². The Labute approximate surface area is 151 Å². The molecule has 2 N–H and O–H groups in total. The van der Waals surface area contributed by atoms with Crippen LogP contribution in [0.15, 0.2) is 6.07 Å². The fraction of sp³-hybridized carbons (Fsp3) is 0.667. The number of hydrogen-bond donors (Lipinski definition) is 2. The average molecular weight is 394 g/mol. The lowest BCUT2D eigenvalue weighted by Gasteiger charge is -2.43. The predicted octanol–water partition coefficient (Wildman–Crippen LogP) is 0.953. The topological polar surface area (TPSA) is 73.4 Å². The summed E-state index contributed by atoms with van der Waals surface area (Å²) in [6.45, 7) is 2.78. The van der Waals surface area contributed by atoms with Gasteiger partial charge in [0.2, 0.25) is 5.91 Å². The Morgan fingerprint density at radius 1 is 1.19 bits per heavy atom. The number of carbonyl (C=O) groups excluding carboxylic acids is 1. The number of piperazine rings is 1. The third kappa shape index (κ3) is 4.61. The number of halogens is 5. The number of nitrogens with zero attached hydrogens (tertiary/aromatic N) is 4. The quantitative estimate of drug-likeness (QED) is 0.744. The lowest BCUT2D eigenvalue weighted by atomic mass is 10.1. The zero-order chi connectivity index (χ0) is 19.8. The van der Waals surface area contributed by atoms with Gasteiger partial charge in [-0.15, -0.1) is 0 Å². The molecule has 0 spiro atoms. The van der Waals surface area contributed by atoms with Gasteiger partial charge in [-0.2, -0.15) is 13.2 Å². The molecule has 1 aromatic heterocycles. The molecule has 0 radical (unpaired) electrons. The molecular formula is C15H19F5N6O. The molecule has 2 unspecified atom stereocenters. The van der Waals surface area contributed by atoms with Gasteiger partial charge in [-0.25, -0.2) is 18.7 Å². The summed E-state index contributed by atoms with van der Waals surface area (Å²) >= 11 is 0. The number of hydrogen-bond acceptors (Lipinski definition) is 6. The van der Waals surface area contributed by atoms with Crippen molar-refractivity contribution in [2.45, 2.75) is 38.3 Å². The Balaban J connectivity index is 1.65. The molecule has 7 nitrogen and oxygen atoms in total. The van der Waals surface area contributed by atoms with Crippen molar-refractivity contribution in [3.63, 3.8) is 0 Å². The lowest BCUT2D eigenvalue weighted by Crippen LogP contribution is -2.67. The maximum absolute atomic E-state index is 12.9. The van der Waals surface area contributed by atoms with Crippen LogP contribution < -0.4 is 15.5 Å². The van der Waals surface area contributed by atoms with Crippen molar-refractivity contribution in [3.05, 3.63) is 17.6 Å². The molecule has 0 aromatic carbocycles. The minimum absolute atomic E-state index is 0.0169. The highest BCUT2D eigenvalue weighted by atomic mass is 19.4. The normalized spacial score (nSPS) is 25.0. The highest BCUT2D eigenvalue weighted by Crippen LogP contribution is 2.30. The summed E-state index contributed by atoms with van der Waals surface area (Å²) in [5, 5.41) is 5.31. The molecule has 150 valence electrons. The van der Waals surface area contributed by atoms with Crippen LogP contribution in [-0.4, -0.2) is 65.7 Å². The van der Waals surface area contributed by atoms with E-state index in [1.807, 2.05) is 0 Å². The molecule has 2 aliphatic rings. The van der Waals surface area contributed by atoms with Gasteiger partial charge in [0.15, 0.2) is 0 Å². The van der Waals surface area contributed by atoms with Crippen LogP contribution in [0.25, 0.3) is 0 Å². The van der Waals surface area contributed by atoms with E-state index in [9.17, 15) is 26.7 Å². The number of aryl methyl sites for hydroxylation is 1. The van der Waals surface area contributed by atoms with Crippen LogP contribution in [0.1, 0.15) is 17.9 Å². The zero-order valence-corrected chi connectivity index (χ0v) is 14.4. The molecular weight excluding hydrogens is 375 g/mol. The first-order valence-corrected chi connectivity index (χ1v) is 8.39.